The van der Waals surface area contributed by atoms with Gasteiger partial charge < -0.3 is 0 Å². The molecule has 0 N–H and O–H groups in total. The van der Waals surface area contributed by atoms with Gasteiger partial charge in [0, 0.05) is 16.7 Å². The molecule has 0 spiro atoms. The molecule has 2 nitrogen and oxygen atoms in total. The Hall–Kier alpha value is -7.68. The molecule has 1 aromatic heterocycles. The first-order valence-electron chi connectivity index (χ1n) is 19.7. The van der Waals surface area contributed by atoms with Crippen molar-refractivity contribution in [2.45, 2.75) is 0 Å². The largest absolute Gasteiger partial charge is 0.228 e. The van der Waals surface area contributed by atoms with E-state index in [1.807, 2.05) is 6.07 Å². The Kier molecular flexibility index (Phi) is 9.27. The van der Waals surface area contributed by atoms with Gasteiger partial charge in [0.25, 0.3) is 0 Å². The van der Waals surface area contributed by atoms with Gasteiger partial charge in [-0.05, 0) is 90.7 Å². The first-order chi connectivity index (χ1) is 28.8. The Morgan fingerprint density at radius 2 is 0.655 bits per heavy atom. The highest BCUT2D eigenvalue weighted by Gasteiger charge is 2.24. The Morgan fingerprint density at radius 3 is 1.24 bits per heavy atom. The monoisotopic (exact) mass is 738 g/mol. The summed E-state index contributed by atoms with van der Waals surface area (Å²) in [4.78, 5) is 10.5. The average molecular weight is 739 g/mol. The fourth-order valence-corrected chi connectivity index (χ4v) is 8.11. The van der Waals surface area contributed by atoms with E-state index in [9.17, 15) is 0 Å². The third kappa shape index (κ3) is 6.78. The van der Waals surface area contributed by atoms with E-state index in [2.05, 4.69) is 224 Å². The molecule has 58 heavy (non-hydrogen) atoms. The standard InChI is InChI=1S/C56H38N2/c1-6-20-40(21-7-1)49-37-50(54(43-26-12-4-13-27-43)55(44-28-14-5-15-29-44)53(49)42-24-10-3-11-25-42)46-31-18-32-48(36-46)56-57-51(41-22-8-2-9-23-41)38-52(58-56)47-34-33-39-19-16-17-30-45(39)35-47/h1-38H. The smallest absolute Gasteiger partial charge is 0.160 e. The SMILES string of the molecule is c1ccc(-c2cc(-c3ccc4ccccc4c3)nc(-c3cccc(-c4cc(-c5ccccc5)c(-c5ccccc5)c(-c5ccccc5)c4-c4ccccc4)c3)n2)cc1. The molecule has 0 aliphatic rings. The molecule has 0 aliphatic carbocycles. The van der Waals surface area contributed by atoms with Gasteiger partial charge in [-0.25, -0.2) is 9.97 Å². The van der Waals surface area contributed by atoms with Crippen molar-refractivity contribution in [3.05, 3.63) is 231 Å². The molecule has 0 aliphatic heterocycles. The number of rotatable bonds is 8. The van der Waals surface area contributed by atoms with E-state index in [0.717, 1.165) is 55.9 Å². The summed E-state index contributed by atoms with van der Waals surface area (Å²) in [6.45, 7) is 0. The molecule has 0 saturated heterocycles. The van der Waals surface area contributed by atoms with Crippen LogP contribution in [0.5, 0.6) is 0 Å². The van der Waals surface area contributed by atoms with E-state index in [1.54, 1.807) is 0 Å². The zero-order chi connectivity index (χ0) is 38.7. The lowest BCUT2D eigenvalue weighted by molar-refractivity contribution is 1.18. The molecule has 10 aromatic rings. The molecule has 1 heterocycles. The normalized spacial score (nSPS) is 11.1. The highest BCUT2D eigenvalue weighted by molar-refractivity contribution is 6.07. The van der Waals surface area contributed by atoms with Crippen LogP contribution in [0.2, 0.25) is 0 Å². The molecular formula is C56H38N2. The van der Waals surface area contributed by atoms with Gasteiger partial charge in [0.1, 0.15) is 0 Å². The van der Waals surface area contributed by atoms with Gasteiger partial charge >= 0.3 is 0 Å². The number of fused-ring (bicyclic) bond motifs is 1. The van der Waals surface area contributed by atoms with Crippen molar-refractivity contribution < 1.29 is 0 Å². The summed E-state index contributed by atoms with van der Waals surface area (Å²) in [5, 5.41) is 2.38. The Morgan fingerprint density at radius 1 is 0.224 bits per heavy atom. The highest BCUT2D eigenvalue weighted by Crippen LogP contribution is 2.50. The fourth-order valence-electron chi connectivity index (χ4n) is 8.11. The van der Waals surface area contributed by atoms with Gasteiger partial charge in [-0.3, -0.25) is 0 Å². The van der Waals surface area contributed by atoms with Gasteiger partial charge in [0.05, 0.1) is 11.4 Å². The number of nitrogens with zero attached hydrogens (tertiary/aromatic N) is 2. The maximum Gasteiger partial charge on any atom is 0.160 e. The van der Waals surface area contributed by atoms with Crippen LogP contribution in [0.4, 0.5) is 0 Å². The van der Waals surface area contributed by atoms with Gasteiger partial charge in [0.2, 0.25) is 0 Å². The predicted octanol–water partition coefficient (Wildman–Crippen LogP) is 15.0. The molecule has 0 atom stereocenters. The first kappa shape index (κ1) is 34.8. The zero-order valence-electron chi connectivity index (χ0n) is 31.8. The molecule has 272 valence electrons. The van der Waals surface area contributed by atoms with Crippen molar-refractivity contribution >= 4 is 10.8 Å². The minimum atomic E-state index is 0.681. The molecule has 9 aromatic carbocycles. The van der Waals surface area contributed by atoms with Crippen LogP contribution in [-0.4, -0.2) is 9.97 Å². The minimum Gasteiger partial charge on any atom is -0.228 e. The van der Waals surface area contributed by atoms with Crippen LogP contribution in [0.25, 0.3) is 100 Å². The van der Waals surface area contributed by atoms with Crippen LogP contribution in [0.15, 0.2) is 231 Å². The first-order valence-corrected chi connectivity index (χ1v) is 19.7. The lowest BCUT2D eigenvalue weighted by Gasteiger charge is -2.24. The third-order valence-electron chi connectivity index (χ3n) is 10.9. The van der Waals surface area contributed by atoms with Crippen LogP contribution in [0.3, 0.4) is 0 Å². The third-order valence-corrected chi connectivity index (χ3v) is 10.9. The lowest BCUT2D eigenvalue weighted by Crippen LogP contribution is -1.99. The summed E-state index contributed by atoms with van der Waals surface area (Å²) in [6.07, 6.45) is 0. The molecule has 10 rings (SSSR count). The van der Waals surface area contributed by atoms with Gasteiger partial charge in [-0.15, -0.1) is 0 Å². The van der Waals surface area contributed by atoms with E-state index < -0.39 is 0 Å². The summed E-state index contributed by atoms with van der Waals surface area (Å²) in [6, 6.07) is 81.9. The molecular weight excluding hydrogens is 701 g/mol. The van der Waals surface area contributed by atoms with Crippen molar-refractivity contribution in [3.8, 4) is 89.5 Å². The van der Waals surface area contributed by atoms with Crippen LogP contribution in [-0.2, 0) is 0 Å². The van der Waals surface area contributed by atoms with E-state index >= 15 is 0 Å². The molecule has 0 fully saturated rings. The summed E-state index contributed by atoms with van der Waals surface area (Å²) in [5.41, 5.74) is 16.4. The van der Waals surface area contributed by atoms with E-state index in [4.69, 9.17) is 9.97 Å². The second kappa shape index (κ2) is 15.5. The molecule has 0 amide bonds. The maximum atomic E-state index is 5.29. The van der Waals surface area contributed by atoms with Gasteiger partial charge in [-0.1, -0.05) is 206 Å². The minimum absolute atomic E-state index is 0.681. The Balaban J connectivity index is 1.24. The summed E-state index contributed by atoms with van der Waals surface area (Å²) < 4.78 is 0. The quantitative estimate of drug-likeness (QED) is 0.155. The average Bonchev–Trinajstić information content (AvgIpc) is 3.32. The van der Waals surface area contributed by atoms with Gasteiger partial charge in [-0.2, -0.15) is 0 Å². The van der Waals surface area contributed by atoms with Crippen molar-refractivity contribution in [2.75, 3.05) is 0 Å². The van der Waals surface area contributed by atoms with Crippen LogP contribution >= 0.6 is 0 Å². The van der Waals surface area contributed by atoms with E-state index in [-0.39, 0.29) is 0 Å². The summed E-state index contributed by atoms with van der Waals surface area (Å²) in [7, 11) is 0. The molecule has 0 saturated carbocycles. The van der Waals surface area contributed by atoms with Crippen LogP contribution < -0.4 is 0 Å². The number of benzene rings is 9. The van der Waals surface area contributed by atoms with E-state index in [1.165, 1.54) is 38.6 Å². The number of hydrogen-bond donors (Lipinski definition) is 0. The van der Waals surface area contributed by atoms with Crippen molar-refractivity contribution in [1.29, 1.82) is 0 Å². The van der Waals surface area contributed by atoms with Crippen LogP contribution in [0, 0.1) is 0 Å². The van der Waals surface area contributed by atoms with Crippen molar-refractivity contribution in [1.82, 2.24) is 9.97 Å². The van der Waals surface area contributed by atoms with Gasteiger partial charge in [0.15, 0.2) is 5.82 Å². The Labute approximate surface area is 339 Å². The Bertz CT molecular complexity index is 3010. The maximum absolute atomic E-state index is 5.29. The number of hydrogen-bond acceptors (Lipinski definition) is 2. The predicted molar refractivity (Wildman–Crippen MR) is 243 cm³/mol. The van der Waals surface area contributed by atoms with Crippen molar-refractivity contribution in [3.63, 3.8) is 0 Å². The van der Waals surface area contributed by atoms with E-state index in [0.29, 0.717) is 5.82 Å². The second-order valence-electron chi connectivity index (χ2n) is 14.5. The summed E-state index contributed by atoms with van der Waals surface area (Å²) in [5.74, 6) is 0.681. The highest BCUT2D eigenvalue weighted by atomic mass is 14.9. The molecule has 0 bridgehead atoms. The molecule has 2 heteroatoms. The summed E-state index contributed by atoms with van der Waals surface area (Å²) >= 11 is 0. The number of aromatic nitrogens is 2. The second-order valence-corrected chi connectivity index (χ2v) is 14.5. The molecule has 0 radical (unpaired) electrons. The topological polar surface area (TPSA) is 25.8 Å². The fraction of sp³-hybridized carbons (Fsp3) is 0. The van der Waals surface area contributed by atoms with Crippen molar-refractivity contribution in [2.24, 2.45) is 0 Å². The lowest BCUT2D eigenvalue weighted by atomic mass is 9.79. The molecule has 0 unspecified atom stereocenters. The zero-order valence-corrected chi connectivity index (χ0v) is 31.8. The van der Waals surface area contributed by atoms with Crippen LogP contribution in [0.1, 0.15) is 0 Å².